The first-order valence-corrected chi connectivity index (χ1v) is 9.38. The minimum absolute atomic E-state index is 0.127. The number of hydrogen-bond donors (Lipinski definition) is 0. The van der Waals surface area contributed by atoms with Crippen LogP contribution in [0, 0.1) is 10.8 Å². The van der Waals surface area contributed by atoms with Crippen LogP contribution in [0.3, 0.4) is 0 Å². The Morgan fingerprint density at radius 3 is 2.67 bits per heavy atom. The largest absolute Gasteiger partial charge is 0.357 e. The summed E-state index contributed by atoms with van der Waals surface area (Å²) in [6.07, 6.45) is 5.92. The molecule has 24 heavy (non-hydrogen) atoms. The zero-order chi connectivity index (χ0) is 16.9. The van der Waals surface area contributed by atoms with Gasteiger partial charge in [-0.15, -0.1) is 0 Å². The summed E-state index contributed by atoms with van der Waals surface area (Å²) < 4.78 is 0. The predicted octanol–water partition coefficient (Wildman–Crippen LogP) is 3.72. The monoisotopic (exact) mass is 327 g/mol. The Labute approximate surface area is 145 Å². The molecule has 2 bridgehead atoms. The number of hydrogen-bond acceptors (Lipinski definition) is 3. The van der Waals surface area contributed by atoms with E-state index in [1.54, 1.807) is 0 Å². The van der Waals surface area contributed by atoms with Crippen molar-refractivity contribution in [3.8, 4) is 0 Å². The van der Waals surface area contributed by atoms with E-state index >= 15 is 0 Å². The van der Waals surface area contributed by atoms with Gasteiger partial charge in [-0.25, -0.2) is 4.98 Å². The van der Waals surface area contributed by atoms with Gasteiger partial charge in [-0.05, 0) is 55.1 Å². The molecule has 1 saturated carbocycles. The molecule has 1 aliphatic carbocycles. The number of anilines is 1. The molecule has 4 rings (SSSR count). The lowest BCUT2D eigenvalue weighted by molar-refractivity contribution is 0.0702. The molecule has 0 radical (unpaired) electrons. The number of aromatic nitrogens is 1. The molecule has 1 aromatic rings. The van der Waals surface area contributed by atoms with Crippen molar-refractivity contribution >= 4 is 11.7 Å². The number of carbonyl (C=O) groups is 1. The number of amides is 1. The number of carbonyl (C=O) groups excluding carboxylic acids is 1. The maximum absolute atomic E-state index is 13.2. The van der Waals surface area contributed by atoms with Crippen molar-refractivity contribution in [3.05, 3.63) is 23.9 Å². The third-order valence-electron chi connectivity index (χ3n) is 6.06. The summed E-state index contributed by atoms with van der Waals surface area (Å²) in [6.45, 7) is 10.0. The van der Waals surface area contributed by atoms with E-state index in [9.17, 15) is 4.79 Å². The van der Waals surface area contributed by atoms with Crippen LogP contribution in [0.1, 0.15) is 63.4 Å². The van der Waals surface area contributed by atoms with Crippen LogP contribution in [-0.4, -0.2) is 41.5 Å². The molecule has 2 saturated heterocycles. The van der Waals surface area contributed by atoms with E-state index in [1.165, 1.54) is 19.3 Å². The number of fused-ring (bicyclic) bond motifs is 2. The maximum Gasteiger partial charge on any atom is 0.272 e. The lowest BCUT2D eigenvalue weighted by Gasteiger charge is -2.39. The van der Waals surface area contributed by atoms with Gasteiger partial charge in [0.1, 0.15) is 11.5 Å². The minimum atomic E-state index is 0.127. The highest BCUT2D eigenvalue weighted by Gasteiger charge is 2.51. The summed E-state index contributed by atoms with van der Waals surface area (Å²) in [4.78, 5) is 22.3. The summed E-state index contributed by atoms with van der Waals surface area (Å²) in [5.74, 6) is 1.09. The SMILES string of the molecule is CC1(C)CC2CC(C)(CN2C(=O)c2cccc(N3CCCC3)n2)C1. The molecule has 0 spiro atoms. The van der Waals surface area contributed by atoms with Gasteiger partial charge >= 0.3 is 0 Å². The topological polar surface area (TPSA) is 36.4 Å². The predicted molar refractivity (Wildman–Crippen MR) is 96.2 cm³/mol. The van der Waals surface area contributed by atoms with Gasteiger partial charge < -0.3 is 9.80 Å². The first-order chi connectivity index (χ1) is 11.4. The van der Waals surface area contributed by atoms with Crippen molar-refractivity contribution in [2.75, 3.05) is 24.5 Å². The van der Waals surface area contributed by atoms with E-state index in [4.69, 9.17) is 4.98 Å². The molecule has 0 N–H and O–H groups in total. The molecule has 4 heteroatoms. The van der Waals surface area contributed by atoms with Gasteiger partial charge in [-0.3, -0.25) is 4.79 Å². The van der Waals surface area contributed by atoms with Gasteiger partial charge in [-0.1, -0.05) is 26.8 Å². The van der Waals surface area contributed by atoms with Gasteiger partial charge in [0.25, 0.3) is 5.91 Å². The summed E-state index contributed by atoms with van der Waals surface area (Å²) in [5, 5.41) is 0. The Hall–Kier alpha value is -1.58. The summed E-state index contributed by atoms with van der Waals surface area (Å²) in [7, 11) is 0. The average molecular weight is 327 g/mol. The zero-order valence-electron chi connectivity index (χ0n) is 15.2. The van der Waals surface area contributed by atoms with Crippen LogP contribution in [0.2, 0.25) is 0 Å². The maximum atomic E-state index is 13.2. The molecule has 2 unspecified atom stereocenters. The second-order valence-corrected chi connectivity index (χ2v) is 9.22. The molecule has 3 fully saturated rings. The lowest BCUT2D eigenvalue weighted by Crippen LogP contribution is -2.38. The minimum Gasteiger partial charge on any atom is -0.357 e. The van der Waals surface area contributed by atoms with Crippen LogP contribution >= 0.6 is 0 Å². The molecular weight excluding hydrogens is 298 g/mol. The molecule has 1 aromatic heterocycles. The van der Waals surface area contributed by atoms with E-state index < -0.39 is 0 Å². The third-order valence-corrected chi connectivity index (χ3v) is 6.06. The van der Waals surface area contributed by atoms with Crippen molar-refractivity contribution in [2.24, 2.45) is 10.8 Å². The number of rotatable bonds is 2. The zero-order valence-corrected chi connectivity index (χ0v) is 15.2. The second-order valence-electron chi connectivity index (χ2n) is 9.22. The Balaban J connectivity index is 1.57. The summed E-state index contributed by atoms with van der Waals surface area (Å²) in [6, 6.07) is 6.29. The van der Waals surface area contributed by atoms with Crippen LogP contribution in [0.25, 0.3) is 0 Å². The quantitative estimate of drug-likeness (QED) is 0.830. The molecular formula is C20H29N3O. The number of nitrogens with zero attached hydrogens (tertiary/aromatic N) is 3. The van der Waals surface area contributed by atoms with Crippen LogP contribution in [-0.2, 0) is 0 Å². The Kier molecular flexibility index (Phi) is 3.63. The van der Waals surface area contributed by atoms with E-state index in [2.05, 4.69) is 30.6 Å². The van der Waals surface area contributed by atoms with E-state index in [0.29, 0.717) is 17.2 Å². The van der Waals surface area contributed by atoms with Gasteiger partial charge in [0, 0.05) is 25.7 Å². The second kappa shape index (κ2) is 5.47. The van der Waals surface area contributed by atoms with Crippen molar-refractivity contribution in [2.45, 2.75) is 58.9 Å². The molecule has 1 amide bonds. The number of likely N-dealkylation sites (tertiary alicyclic amines) is 1. The first kappa shape index (κ1) is 15.9. The van der Waals surface area contributed by atoms with Gasteiger partial charge in [0.15, 0.2) is 0 Å². The van der Waals surface area contributed by atoms with Crippen LogP contribution in [0.5, 0.6) is 0 Å². The van der Waals surface area contributed by atoms with Crippen molar-refractivity contribution in [3.63, 3.8) is 0 Å². The summed E-state index contributed by atoms with van der Waals surface area (Å²) in [5.41, 5.74) is 1.22. The van der Waals surface area contributed by atoms with Crippen molar-refractivity contribution in [1.82, 2.24) is 9.88 Å². The van der Waals surface area contributed by atoms with Gasteiger partial charge in [0.2, 0.25) is 0 Å². The fourth-order valence-electron chi connectivity index (χ4n) is 5.51. The molecule has 0 aromatic carbocycles. The van der Waals surface area contributed by atoms with Crippen LogP contribution < -0.4 is 4.90 Å². The normalized spacial score (nSPS) is 31.5. The molecule has 2 atom stereocenters. The Morgan fingerprint density at radius 1 is 1.17 bits per heavy atom. The van der Waals surface area contributed by atoms with Gasteiger partial charge in [-0.2, -0.15) is 0 Å². The number of pyridine rings is 1. The fourth-order valence-corrected chi connectivity index (χ4v) is 5.51. The smallest absolute Gasteiger partial charge is 0.272 e. The highest BCUT2D eigenvalue weighted by Crippen LogP contribution is 2.52. The van der Waals surface area contributed by atoms with Crippen molar-refractivity contribution < 1.29 is 4.79 Å². The van der Waals surface area contributed by atoms with E-state index in [0.717, 1.165) is 38.3 Å². The van der Waals surface area contributed by atoms with Crippen molar-refractivity contribution in [1.29, 1.82) is 0 Å². The third kappa shape index (κ3) is 2.80. The van der Waals surface area contributed by atoms with Crippen LogP contribution in [0.15, 0.2) is 18.2 Å². The highest BCUT2D eigenvalue weighted by molar-refractivity contribution is 5.93. The highest BCUT2D eigenvalue weighted by atomic mass is 16.2. The Morgan fingerprint density at radius 2 is 1.92 bits per heavy atom. The fraction of sp³-hybridized carbons (Fsp3) is 0.700. The summed E-state index contributed by atoms with van der Waals surface area (Å²) >= 11 is 0. The molecule has 3 heterocycles. The molecule has 130 valence electrons. The van der Waals surface area contributed by atoms with Crippen LogP contribution in [0.4, 0.5) is 5.82 Å². The van der Waals surface area contributed by atoms with E-state index in [-0.39, 0.29) is 11.3 Å². The average Bonchev–Trinajstić information content (AvgIpc) is 3.12. The molecule has 2 aliphatic heterocycles. The molecule has 4 nitrogen and oxygen atoms in total. The standard InChI is InChI=1S/C20H29N3O/c1-19(2)11-15-12-20(3,13-19)14-23(15)18(24)16-7-6-8-17(21-16)22-9-4-5-10-22/h6-8,15H,4-5,9-14H2,1-3H3. The first-order valence-electron chi connectivity index (χ1n) is 9.38. The molecule has 3 aliphatic rings. The lowest BCUT2D eigenvalue weighted by atomic mass is 9.65. The van der Waals surface area contributed by atoms with E-state index in [1.807, 2.05) is 18.2 Å². The van der Waals surface area contributed by atoms with Gasteiger partial charge in [0.05, 0.1) is 0 Å². The Bertz CT molecular complexity index is 650.